The van der Waals surface area contributed by atoms with Crippen molar-refractivity contribution in [3.05, 3.63) is 53.1 Å². The Kier molecular flexibility index (Phi) is 9.65. The smallest absolute Gasteiger partial charge is 0.263 e. The fraction of sp³-hybridized carbons (Fsp3) is 0.458. The lowest BCUT2D eigenvalue weighted by Crippen LogP contribution is -2.61. The lowest BCUT2D eigenvalue weighted by Gasteiger charge is -2.38. The molecule has 2 heterocycles. The number of sulfonamides is 2. The van der Waals surface area contributed by atoms with Crippen LogP contribution < -0.4 is 10.2 Å². The topological polar surface area (TPSA) is 137 Å². The number of hydrogen-bond acceptors (Lipinski definition) is 8. The molecule has 2 fully saturated rings. The first-order valence-electron chi connectivity index (χ1n) is 12.5. The van der Waals surface area contributed by atoms with Gasteiger partial charge in [-0.2, -0.15) is 8.61 Å². The van der Waals surface area contributed by atoms with Gasteiger partial charge in [-0.25, -0.2) is 31.1 Å². The zero-order chi connectivity index (χ0) is 29.1. The number of carbonyl (C=O) groups is 1. The number of hydroxylamine groups is 1. The molecular weight excluding hydrogens is 594 g/mol. The van der Waals surface area contributed by atoms with Gasteiger partial charge in [-0.15, -0.1) is 0 Å². The van der Waals surface area contributed by atoms with E-state index in [-0.39, 0.29) is 18.0 Å². The summed E-state index contributed by atoms with van der Waals surface area (Å²) in [7, 11) is -8.60. The van der Waals surface area contributed by atoms with E-state index in [1.54, 1.807) is 0 Å². The van der Waals surface area contributed by atoms with Crippen LogP contribution in [0.4, 0.5) is 8.78 Å². The Morgan fingerprint density at radius 3 is 2.23 bits per heavy atom. The number of nitrogens with zero attached hydrogens (tertiary/aromatic N) is 3. The second-order valence-electron chi connectivity index (χ2n) is 9.46. The third-order valence-corrected chi connectivity index (χ3v) is 10.8. The zero-order valence-corrected chi connectivity index (χ0v) is 23.7. The minimum absolute atomic E-state index is 0.0510. The lowest BCUT2D eigenvalue weighted by molar-refractivity contribution is -0.134. The van der Waals surface area contributed by atoms with Gasteiger partial charge in [-0.05, 0) is 62.3 Å². The van der Waals surface area contributed by atoms with Crippen molar-refractivity contribution in [2.75, 3.05) is 45.0 Å². The Labute approximate surface area is 236 Å². The number of nitrogens with one attached hydrogen (secondary N) is 1. The third-order valence-electron chi connectivity index (χ3n) is 6.83. The summed E-state index contributed by atoms with van der Waals surface area (Å²) in [5.41, 5.74) is 1.35. The van der Waals surface area contributed by atoms with Gasteiger partial charge < -0.3 is 9.64 Å². The van der Waals surface area contributed by atoms with Gasteiger partial charge in [0.1, 0.15) is 11.8 Å². The molecule has 0 aliphatic carbocycles. The van der Waals surface area contributed by atoms with Crippen molar-refractivity contribution in [1.82, 2.24) is 19.0 Å². The number of piperazine rings is 1. The quantitative estimate of drug-likeness (QED) is 0.321. The van der Waals surface area contributed by atoms with Crippen molar-refractivity contribution in [3.63, 3.8) is 0 Å². The number of rotatable bonds is 9. The van der Waals surface area contributed by atoms with Gasteiger partial charge in [0.2, 0.25) is 20.0 Å². The fourth-order valence-electron chi connectivity index (χ4n) is 4.67. The molecule has 0 radical (unpaired) electrons. The van der Waals surface area contributed by atoms with Crippen molar-refractivity contribution >= 4 is 37.6 Å². The maximum Gasteiger partial charge on any atom is 0.263 e. The van der Waals surface area contributed by atoms with Crippen LogP contribution in [-0.4, -0.2) is 92.5 Å². The first-order valence-corrected chi connectivity index (χ1v) is 15.9. The molecule has 220 valence electrons. The third kappa shape index (κ3) is 6.90. The van der Waals surface area contributed by atoms with Gasteiger partial charge in [0.15, 0.2) is 17.4 Å². The fourth-order valence-corrected chi connectivity index (χ4v) is 7.86. The van der Waals surface area contributed by atoms with E-state index < -0.39 is 67.4 Å². The highest BCUT2D eigenvalue weighted by atomic mass is 35.5. The molecule has 2 aromatic carbocycles. The summed E-state index contributed by atoms with van der Waals surface area (Å²) < 4.78 is 89.4. The zero-order valence-electron chi connectivity index (χ0n) is 21.3. The van der Waals surface area contributed by atoms with Crippen LogP contribution in [0.3, 0.4) is 0 Å². The van der Waals surface area contributed by atoms with Gasteiger partial charge in [0.25, 0.3) is 5.91 Å². The van der Waals surface area contributed by atoms with Crippen LogP contribution in [0.1, 0.15) is 19.3 Å². The van der Waals surface area contributed by atoms with Crippen LogP contribution in [0.5, 0.6) is 11.5 Å². The maximum absolute atomic E-state index is 14.9. The summed E-state index contributed by atoms with van der Waals surface area (Å²) in [6, 6.07) is 4.99. The minimum atomic E-state index is -4.73. The molecule has 40 heavy (non-hydrogen) atoms. The van der Waals surface area contributed by atoms with E-state index in [1.807, 2.05) is 4.90 Å². The number of likely N-dealkylation sites (tertiary alicyclic amines) is 1. The summed E-state index contributed by atoms with van der Waals surface area (Å²) in [6.07, 6.45) is 3.04. The minimum Gasteiger partial charge on any atom is -0.451 e. The first kappa shape index (κ1) is 30.6. The van der Waals surface area contributed by atoms with E-state index in [0.717, 1.165) is 36.7 Å². The molecule has 2 N–H and O–H groups in total. The summed E-state index contributed by atoms with van der Waals surface area (Å²) in [4.78, 5) is 13.7. The molecule has 0 spiro atoms. The molecule has 16 heteroatoms. The molecule has 2 aromatic rings. The molecule has 0 bridgehead atoms. The number of piperidine rings is 1. The largest absolute Gasteiger partial charge is 0.451 e. The molecule has 4 rings (SSSR count). The Morgan fingerprint density at radius 1 is 1.00 bits per heavy atom. The van der Waals surface area contributed by atoms with Crippen molar-refractivity contribution in [2.24, 2.45) is 0 Å². The average molecular weight is 623 g/mol. The van der Waals surface area contributed by atoms with Gasteiger partial charge >= 0.3 is 0 Å². The molecule has 1 amide bonds. The highest BCUT2D eigenvalue weighted by Crippen LogP contribution is 2.32. The second-order valence-corrected chi connectivity index (χ2v) is 13.9. The van der Waals surface area contributed by atoms with Crippen LogP contribution in [-0.2, 0) is 24.8 Å². The second kappa shape index (κ2) is 12.6. The van der Waals surface area contributed by atoms with E-state index in [4.69, 9.17) is 16.3 Å². The van der Waals surface area contributed by atoms with E-state index in [9.17, 15) is 35.6 Å². The molecule has 2 aliphatic rings. The molecule has 2 aliphatic heterocycles. The highest BCUT2D eigenvalue weighted by molar-refractivity contribution is 7.89. The maximum atomic E-state index is 14.9. The highest BCUT2D eigenvalue weighted by Gasteiger charge is 2.43. The first-order chi connectivity index (χ1) is 18.9. The Balaban J connectivity index is 1.54. The normalized spacial score (nSPS) is 19.9. The van der Waals surface area contributed by atoms with E-state index in [0.29, 0.717) is 28.0 Å². The van der Waals surface area contributed by atoms with Crippen LogP contribution in [0, 0.1) is 11.6 Å². The lowest BCUT2D eigenvalue weighted by atomic mass is 10.1. The summed E-state index contributed by atoms with van der Waals surface area (Å²) in [6.45, 7) is 0.494. The van der Waals surface area contributed by atoms with Crippen molar-refractivity contribution in [2.45, 2.75) is 30.2 Å². The number of amides is 1. The van der Waals surface area contributed by atoms with Gasteiger partial charge in [-0.1, -0.05) is 18.0 Å². The molecular formula is C24H29ClF2N4O7S2. The van der Waals surface area contributed by atoms with Crippen LogP contribution >= 0.6 is 11.6 Å². The molecule has 11 nitrogen and oxygen atoms in total. The number of carbonyl (C=O) groups excluding carboxylic acids is 1. The number of benzene rings is 2. The Hall–Kier alpha value is -2.40. The summed E-state index contributed by atoms with van der Waals surface area (Å²) >= 11 is 5.79. The molecule has 0 saturated carbocycles. The van der Waals surface area contributed by atoms with E-state index >= 15 is 0 Å². The SMILES string of the molecule is O=C(NO)[C@H]1CN(S(=O)(=O)CCN2CCCCC2)CCN1S(=O)(=O)c1cc(F)c(Oc2ccc(Cl)cc2)c(F)c1. The van der Waals surface area contributed by atoms with Crippen LogP contribution in [0.25, 0.3) is 0 Å². The molecule has 1 atom stereocenters. The predicted octanol–water partition coefficient (Wildman–Crippen LogP) is 2.41. The standard InChI is InChI=1S/C24H29ClF2N4O7S2/c25-17-4-6-18(7-5-17)38-23-20(26)14-19(15-21(23)27)40(36,37)31-11-10-30(16-22(31)24(32)28-33)39(34,35)13-12-29-8-2-1-3-9-29/h4-7,14-15,22,33H,1-3,8-13,16H2,(H,28,32)/t22-/m1/s1. The average Bonchev–Trinajstić information content (AvgIpc) is 2.94. The molecule has 2 saturated heterocycles. The van der Waals surface area contributed by atoms with Crippen LogP contribution in [0.2, 0.25) is 5.02 Å². The number of ether oxygens (including phenoxy) is 1. The van der Waals surface area contributed by atoms with Gasteiger partial charge in [0, 0.05) is 31.2 Å². The van der Waals surface area contributed by atoms with Gasteiger partial charge in [0.05, 0.1) is 10.6 Å². The molecule has 0 aromatic heterocycles. The van der Waals surface area contributed by atoms with Crippen molar-refractivity contribution < 1.29 is 40.4 Å². The summed E-state index contributed by atoms with van der Waals surface area (Å²) in [5, 5.41) is 9.61. The predicted molar refractivity (Wildman–Crippen MR) is 141 cm³/mol. The monoisotopic (exact) mass is 622 g/mol. The van der Waals surface area contributed by atoms with Crippen LogP contribution in [0.15, 0.2) is 41.3 Å². The van der Waals surface area contributed by atoms with Crippen molar-refractivity contribution in [3.8, 4) is 11.5 Å². The molecule has 0 unspecified atom stereocenters. The number of hydrogen-bond donors (Lipinski definition) is 2. The number of halogens is 3. The summed E-state index contributed by atoms with van der Waals surface area (Å²) in [5.74, 6) is -4.86. The Bertz CT molecular complexity index is 1420. The van der Waals surface area contributed by atoms with E-state index in [2.05, 4.69) is 0 Å². The van der Waals surface area contributed by atoms with E-state index in [1.165, 1.54) is 29.7 Å². The Morgan fingerprint density at radius 2 is 1.62 bits per heavy atom. The van der Waals surface area contributed by atoms with Gasteiger partial charge in [-0.3, -0.25) is 10.0 Å². The van der Waals surface area contributed by atoms with Crippen molar-refractivity contribution in [1.29, 1.82) is 0 Å².